The predicted molar refractivity (Wildman–Crippen MR) is 126 cm³/mol. The predicted octanol–water partition coefficient (Wildman–Crippen LogP) is 2.07. The molecule has 9 nitrogen and oxygen atoms in total. The molecule has 1 saturated heterocycles. The van der Waals surface area contributed by atoms with Gasteiger partial charge in [0.2, 0.25) is 0 Å². The molecule has 1 aliphatic rings. The van der Waals surface area contributed by atoms with Gasteiger partial charge in [0.15, 0.2) is 0 Å². The lowest BCUT2D eigenvalue weighted by molar-refractivity contribution is 0.414. The molecule has 4 aromatic rings. The van der Waals surface area contributed by atoms with E-state index in [4.69, 9.17) is 4.74 Å². The lowest BCUT2D eigenvalue weighted by Gasteiger charge is -2.12. The molecular weight excluding hydrogens is 406 g/mol. The third-order valence-electron chi connectivity index (χ3n) is 5.85. The van der Waals surface area contributed by atoms with Crippen LogP contribution in [-0.4, -0.2) is 56.9 Å². The molecule has 0 bridgehead atoms. The third kappa shape index (κ3) is 3.31. The van der Waals surface area contributed by atoms with Crippen molar-refractivity contribution in [2.75, 3.05) is 20.7 Å². The second kappa shape index (κ2) is 7.76. The Balaban J connectivity index is 1.83. The van der Waals surface area contributed by atoms with Crippen molar-refractivity contribution in [3.63, 3.8) is 0 Å². The van der Waals surface area contributed by atoms with E-state index in [-0.39, 0.29) is 5.69 Å². The summed E-state index contributed by atoms with van der Waals surface area (Å²) in [5, 5.41) is 8.44. The Kier molecular flexibility index (Phi) is 4.90. The molecule has 1 unspecified atom stereocenters. The smallest absolute Gasteiger partial charge is 0.333 e. The van der Waals surface area contributed by atoms with E-state index in [0.717, 1.165) is 46.0 Å². The van der Waals surface area contributed by atoms with Crippen molar-refractivity contribution in [1.82, 2.24) is 29.2 Å². The number of aryl methyl sites for hydroxylation is 2. The summed E-state index contributed by atoms with van der Waals surface area (Å²) in [6.45, 7) is 1.04. The maximum Gasteiger partial charge on any atom is 0.333 e. The number of imidazole rings is 1. The van der Waals surface area contributed by atoms with Gasteiger partial charge < -0.3 is 10.1 Å². The quantitative estimate of drug-likeness (QED) is 0.372. The van der Waals surface area contributed by atoms with Crippen LogP contribution in [0.4, 0.5) is 0 Å². The van der Waals surface area contributed by atoms with Crippen LogP contribution < -0.4 is 15.7 Å². The summed E-state index contributed by atoms with van der Waals surface area (Å²) in [4.78, 5) is 22.1. The summed E-state index contributed by atoms with van der Waals surface area (Å²) < 4.78 is 10.7. The molecule has 4 heterocycles. The number of rotatable bonds is 6. The normalized spacial score (nSPS) is 16.5. The third-order valence-corrected chi connectivity index (χ3v) is 5.85. The minimum Gasteiger partial charge on any atom is -0.496 e. The van der Waals surface area contributed by atoms with Gasteiger partial charge in [-0.1, -0.05) is 6.08 Å². The van der Waals surface area contributed by atoms with Gasteiger partial charge in [-0.25, -0.2) is 4.79 Å². The largest absolute Gasteiger partial charge is 0.496 e. The van der Waals surface area contributed by atoms with E-state index in [1.54, 1.807) is 47.4 Å². The average molecular weight is 432 g/mol. The van der Waals surface area contributed by atoms with Crippen LogP contribution in [0.3, 0.4) is 0 Å². The van der Waals surface area contributed by atoms with E-state index >= 15 is 0 Å². The number of nitrogens with one attached hydrogen (secondary N) is 1. The highest BCUT2D eigenvalue weighted by atomic mass is 16.5. The standard InChI is InChI=1S/C23H25N7O2/c1-24-9-14(5-6-15-10-25-15)17-7-18-19(8-21(17)32-4)26-12-20-22(18)30(23(31)29(20)3)16-11-27-28(2)13-16/h5,7-9,11-13,15,25H,6,10H2,1-4H3/b14-5+,24-9?. The first-order valence-electron chi connectivity index (χ1n) is 10.4. The topological polar surface area (TPSA) is 101 Å². The van der Waals surface area contributed by atoms with Gasteiger partial charge in [0, 0.05) is 63.2 Å². The Bertz CT molecular complexity index is 1450. The van der Waals surface area contributed by atoms with Crippen molar-refractivity contribution in [1.29, 1.82) is 0 Å². The molecule has 5 rings (SSSR count). The first-order chi connectivity index (χ1) is 15.5. The molecule has 9 heteroatoms. The van der Waals surface area contributed by atoms with Crippen molar-refractivity contribution in [2.45, 2.75) is 12.5 Å². The average Bonchev–Trinajstić information content (AvgIpc) is 3.48. The van der Waals surface area contributed by atoms with Crippen LogP contribution in [0.15, 0.2) is 46.6 Å². The van der Waals surface area contributed by atoms with Crippen LogP contribution in [0, 0.1) is 0 Å². The van der Waals surface area contributed by atoms with Gasteiger partial charge in [-0.15, -0.1) is 0 Å². The van der Waals surface area contributed by atoms with Crippen molar-refractivity contribution >= 4 is 33.7 Å². The summed E-state index contributed by atoms with van der Waals surface area (Å²) in [5.74, 6) is 0.713. The Morgan fingerprint density at radius 2 is 2.16 bits per heavy atom. The Morgan fingerprint density at radius 3 is 2.81 bits per heavy atom. The molecule has 0 radical (unpaired) electrons. The zero-order chi connectivity index (χ0) is 22.4. The summed E-state index contributed by atoms with van der Waals surface area (Å²) in [6.07, 6.45) is 10.2. The second-order valence-electron chi connectivity index (χ2n) is 8.00. The number of nitrogens with zero attached hydrogens (tertiary/aromatic N) is 6. The van der Waals surface area contributed by atoms with Crippen molar-refractivity contribution in [3.8, 4) is 11.4 Å². The molecule has 164 valence electrons. The van der Waals surface area contributed by atoms with Gasteiger partial charge in [0.25, 0.3) is 0 Å². The molecule has 1 aliphatic heterocycles. The first kappa shape index (κ1) is 20.2. The maximum atomic E-state index is 13.2. The van der Waals surface area contributed by atoms with Crippen molar-refractivity contribution in [3.05, 3.63) is 52.8 Å². The minimum atomic E-state index is -0.148. The highest BCUT2D eigenvalue weighted by Crippen LogP contribution is 2.34. The van der Waals surface area contributed by atoms with Gasteiger partial charge in [-0.3, -0.25) is 23.8 Å². The Morgan fingerprint density at radius 1 is 1.34 bits per heavy atom. The first-order valence-corrected chi connectivity index (χ1v) is 10.4. The van der Waals surface area contributed by atoms with Gasteiger partial charge >= 0.3 is 5.69 Å². The summed E-state index contributed by atoms with van der Waals surface area (Å²) >= 11 is 0. The molecule has 1 N–H and O–H groups in total. The van der Waals surface area contributed by atoms with E-state index in [1.165, 1.54) is 0 Å². The maximum absolute atomic E-state index is 13.2. The highest BCUT2D eigenvalue weighted by Gasteiger charge is 2.21. The number of methoxy groups -OCH3 is 1. The summed E-state index contributed by atoms with van der Waals surface area (Å²) in [5.41, 5.74) is 4.73. The van der Waals surface area contributed by atoms with Gasteiger partial charge in [-0.05, 0) is 18.1 Å². The fourth-order valence-corrected chi connectivity index (χ4v) is 4.07. The zero-order valence-electron chi connectivity index (χ0n) is 18.5. The van der Waals surface area contributed by atoms with Gasteiger partial charge in [0.1, 0.15) is 5.75 Å². The number of aromatic nitrogens is 5. The van der Waals surface area contributed by atoms with E-state index in [9.17, 15) is 4.79 Å². The highest BCUT2D eigenvalue weighted by molar-refractivity contribution is 6.13. The molecule has 0 amide bonds. The Labute approximate surface area is 184 Å². The number of ether oxygens (including phenoxy) is 1. The number of benzene rings is 1. The fourth-order valence-electron chi connectivity index (χ4n) is 4.07. The van der Waals surface area contributed by atoms with Crippen molar-refractivity contribution in [2.24, 2.45) is 19.1 Å². The molecule has 1 fully saturated rings. The van der Waals surface area contributed by atoms with E-state index < -0.39 is 0 Å². The molecule has 32 heavy (non-hydrogen) atoms. The fraction of sp³-hybridized carbons (Fsp3) is 0.304. The number of hydrogen-bond donors (Lipinski definition) is 1. The van der Waals surface area contributed by atoms with E-state index in [2.05, 4.69) is 26.5 Å². The van der Waals surface area contributed by atoms with E-state index in [0.29, 0.717) is 17.5 Å². The van der Waals surface area contributed by atoms with Crippen LogP contribution in [0.5, 0.6) is 5.75 Å². The van der Waals surface area contributed by atoms with Crippen LogP contribution in [0.1, 0.15) is 12.0 Å². The number of allylic oxidation sites excluding steroid dienone is 1. The molecule has 3 aromatic heterocycles. The lowest BCUT2D eigenvalue weighted by Crippen LogP contribution is -2.20. The minimum absolute atomic E-state index is 0.148. The van der Waals surface area contributed by atoms with Crippen LogP contribution in [0.2, 0.25) is 0 Å². The van der Waals surface area contributed by atoms with Crippen LogP contribution in [0.25, 0.3) is 33.2 Å². The molecule has 0 aliphatic carbocycles. The van der Waals surface area contributed by atoms with Gasteiger partial charge in [-0.2, -0.15) is 5.10 Å². The van der Waals surface area contributed by atoms with Crippen LogP contribution in [-0.2, 0) is 14.1 Å². The number of fused-ring (bicyclic) bond motifs is 3. The zero-order valence-corrected chi connectivity index (χ0v) is 18.5. The Hall–Kier alpha value is -3.72. The number of hydrogen-bond acceptors (Lipinski definition) is 6. The molecule has 0 spiro atoms. The SMILES string of the molecule is CN=C/C(=C\CC1CN1)c1cc2c(cc1OC)ncc1c2n(-c2cnn(C)c2)c(=O)n1C. The molecule has 1 aromatic carbocycles. The molecule has 0 saturated carbocycles. The van der Waals surface area contributed by atoms with Gasteiger partial charge in [0.05, 0.1) is 41.7 Å². The van der Waals surface area contributed by atoms with E-state index in [1.807, 2.05) is 31.6 Å². The summed E-state index contributed by atoms with van der Waals surface area (Å²) in [7, 11) is 7.00. The van der Waals surface area contributed by atoms with Crippen LogP contribution >= 0.6 is 0 Å². The number of aliphatic imine (C=N–C) groups is 1. The second-order valence-corrected chi connectivity index (χ2v) is 8.00. The lowest BCUT2D eigenvalue weighted by atomic mass is 10.0. The molecule has 1 atom stereocenters. The monoisotopic (exact) mass is 431 g/mol. The van der Waals surface area contributed by atoms with Crippen molar-refractivity contribution < 1.29 is 4.74 Å². The molecular formula is C23H25N7O2. The number of pyridine rings is 1. The summed E-state index contributed by atoms with van der Waals surface area (Å²) in [6, 6.07) is 4.48.